The van der Waals surface area contributed by atoms with E-state index in [0.29, 0.717) is 12.8 Å². The predicted molar refractivity (Wildman–Crippen MR) is 158 cm³/mol. The summed E-state index contributed by atoms with van der Waals surface area (Å²) >= 11 is 0. The summed E-state index contributed by atoms with van der Waals surface area (Å²) in [6.45, 7) is 3.55. The number of nitrogens with one attached hydrogen (secondary N) is 1. The topological polar surface area (TPSA) is 66.4 Å². The van der Waals surface area contributed by atoms with Crippen molar-refractivity contribution in [2.75, 3.05) is 0 Å². The zero-order valence-electron chi connectivity index (χ0n) is 22.4. The number of aliphatic carboxylic acids is 1. The molecule has 39 heavy (non-hydrogen) atoms. The monoisotopic (exact) mass is 515 g/mol. The first kappa shape index (κ1) is 26.2. The Morgan fingerprint density at radius 2 is 1.08 bits per heavy atom. The molecule has 0 aliphatic carbocycles. The van der Waals surface area contributed by atoms with Gasteiger partial charge in [0, 0.05) is 6.42 Å². The zero-order valence-corrected chi connectivity index (χ0v) is 22.4. The number of carboxylic acid groups (broad SMARTS) is 1. The first-order valence-corrected chi connectivity index (χ1v) is 13.3. The highest BCUT2D eigenvalue weighted by atomic mass is 16.4. The van der Waals surface area contributed by atoms with Crippen molar-refractivity contribution in [2.45, 2.75) is 38.6 Å². The van der Waals surface area contributed by atoms with Crippen molar-refractivity contribution in [2.24, 2.45) is 5.41 Å². The van der Waals surface area contributed by atoms with E-state index in [-0.39, 0.29) is 12.3 Å². The maximum absolute atomic E-state index is 14.3. The average molecular weight is 516 g/mol. The third kappa shape index (κ3) is 5.56. The fraction of sp³-hybridized carbons (Fsp3) is 0.200. The van der Waals surface area contributed by atoms with E-state index < -0.39 is 16.9 Å². The molecule has 1 atom stereocenters. The molecule has 1 amide bonds. The summed E-state index contributed by atoms with van der Waals surface area (Å²) < 4.78 is 0. The normalized spacial score (nSPS) is 13.2. The lowest BCUT2D eigenvalue weighted by atomic mass is 9.75. The van der Waals surface area contributed by atoms with E-state index in [9.17, 15) is 14.7 Å². The Balaban J connectivity index is 1.56. The SMILES string of the molecule is CC(Cc1cccc2ccccc12)(Cc1cccc2ccccc12)C(=O)NC(C)(Cc1ccccc1)C(=O)O. The van der Waals surface area contributed by atoms with E-state index in [1.807, 2.05) is 73.7 Å². The number of benzene rings is 5. The number of rotatable bonds is 9. The van der Waals surface area contributed by atoms with Gasteiger partial charge in [-0.2, -0.15) is 0 Å². The Morgan fingerprint density at radius 1 is 0.615 bits per heavy atom. The summed E-state index contributed by atoms with van der Waals surface area (Å²) in [4.78, 5) is 26.8. The van der Waals surface area contributed by atoms with Gasteiger partial charge < -0.3 is 10.4 Å². The van der Waals surface area contributed by atoms with E-state index in [0.717, 1.165) is 38.2 Å². The van der Waals surface area contributed by atoms with Gasteiger partial charge in [-0.3, -0.25) is 4.79 Å². The van der Waals surface area contributed by atoms with Gasteiger partial charge in [0.1, 0.15) is 5.54 Å². The summed E-state index contributed by atoms with van der Waals surface area (Å²) in [5.74, 6) is -1.33. The molecule has 4 heteroatoms. The summed E-state index contributed by atoms with van der Waals surface area (Å²) in [5, 5.41) is 17.7. The Hall–Kier alpha value is -4.44. The zero-order chi connectivity index (χ0) is 27.5. The van der Waals surface area contributed by atoms with Crippen LogP contribution in [0.2, 0.25) is 0 Å². The molecule has 0 bridgehead atoms. The van der Waals surface area contributed by atoms with Crippen LogP contribution < -0.4 is 5.32 Å². The van der Waals surface area contributed by atoms with E-state index in [2.05, 4.69) is 53.8 Å². The molecule has 0 aromatic heterocycles. The van der Waals surface area contributed by atoms with E-state index in [1.165, 1.54) is 0 Å². The lowest BCUT2D eigenvalue weighted by molar-refractivity contribution is -0.148. The number of fused-ring (bicyclic) bond motifs is 2. The Labute approximate surface area is 229 Å². The van der Waals surface area contributed by atoms with Gasteiger partial charge in [-0.15, -0.1) is 0 Å². The Kier molecular flexibility index (Phi) is 7.21. The van der Waals surface area contributed by atoms with Crippen LogP contribution in [0.1, 0.15) is 30.5 Å². The minimum Gasteiger partial charge on any atom is -0.480 e. The highest BCUT2D eigenvalue weighted by molar-refractivity contribution is 5.92. The van der Waals surface area contributed by atoms with Crippen molar-refractivity contribution < 1.29 is 14.7 Å². The summed E-state index contributed by atoms with van der Waals surface area (Å²) in [5.41, 5.74) is 0.600. The summed E-state index contributed by atoms with van der Waals surface area (Å²) in [6.07, 6.45) is 1.11. The van der Waals surface area contributed by atoms with Crippen molar-refractivity contribution in [3.05, 3.63) is 132 Å². The molecular weight excluding hydrogens is 482 g/mol. The standard InChI is InChI=1S/C35H33NO3/c1-34(23-28-18-10-16-26-14-6-8-20-30(26)28,24-29-19-11-17-27-15-7-9-21-31(27)29)32(37)36-35(2,33(38)39)22-25-12-4-3-5-13-25/h3-21H,22-24H2,1-2H3,(H,36,37)(H,38,39). The molecule has 0 saturated carbocycles. The predicted octanol–water partition coefficient (Wildman–Crippen LogP) is 6.99. The molecule has 0 radical (unpaired) electrons. The number of carbonyl (C=O) groups is 2. The van der Waals surface area contributed by atoms with Gasteiger partial charge in [-0.05, 0) is 58.0 Å². The largest absolute Gasteiger partial charge is 0.480 e. The molecule has 0 saturated heterocycles. The van der Waals surface area contributed by atoms with E-state index in [4.69, 9.17) is 0 Å². The molecule has 0 aliphatic heterocycles. The van der Waals surface area contributed by atoms with Crippen molar-refractivity contribution in [3.63, 3.8) is 0 Å². The Bertz CT molecular complexity index is 1550. The molecule has 0 spiro atoms. The molecular formula is C35H33NO3. The van der Waals surface area contributed by atoms with Gasteiger partial charge in [-0.25, -0.2) is 4.79 Å². The van der Waals surface area contributed by atoms with Crippen LogP contribution in [0, 0.1) is 5.41 Å². The maximum atomic E-state index is 14.3. The van der Waals surface area contributed by atoms with Crippen LogP contribution in [0.15, 0.2) is 115 Å². The first-order valence-electron chi connectivity index (χ1n) is 13.3. The van der Waals surface area contributed by atoms with Gasteiger partial charge >= 0.3 is 5.97 Å². The van der Waals surface area contributed by atoms with Crippen molar-refractivity contribution in [3.8, 4) is 0 Å². The quantitative estimate of drug-likeness (QED) is 0.222. The minimum atomic E-state index is -1.46. The second kappa shape index (κ2) is 10.7. The molecule has 0 aliphatic rings. The van der Waals surface area contributed by atoms with Crippen LogP contribution >= 0.6 is 0 Å². The number of carbonyl (C=O) groups excluding carboxylic acids is 1. The second-order valence-electron chi connectivity index (χ2n) is 10.9. The highest BCUT2D eigenvalue weighted by Gasteiger charge is 2.42. The Morgan fingerprint density at radius 3 is 1.59 bits per heavy atom. The van der Waals surface area contributed by atoms with Gasteiger partial charge in [0.2, 0.25) is 5.91 Å². The molecule has 5 aromatic rings. The molecule has 0 heterocycles. The fourth-order valence-electron chi connectivity index (χ4n) is 5.54. The van der Waals surface area contributed by atoms with Gasteiger partial charge in [0.25, 0.3) is 0 Å². The lowest BCUT2D eigenvalue weighted by Gasteiger charge is -2.35. The van der Waals surface area contributed by atoms with Crippen LogP contribution in [0.5, 0.6) is 0 Å². The smallest absolute Gasteiger partial charge is 0.329 e. The molecule has 5 aromatic carbocycles. The van der Waals surface area contributed by atoms with E-state index >= 15 is 0 Å². The number of hydrogen-bond donors (Lipinski definition) is 2. The number of hydrogen-bond acceptors (Lipinski definition) is 2. The molecule has 0 fully saturated rings. The molecule has 4 nitrogen and oxygen atoms in total. The van der Waals surface area contributed by atoms with Gasteiger partial charge in [-0.1, -0.05) is 122 Å². The molecule has 2 N–H and O–H groups in total. The third-order valence-electron chi connectivity index (χ3n) is 7.73. The van der Waals surface area contributed by atoms with Gasteiger partial charge in [0.15, 0.2) is 0 Å². The lowest BCUT2D eigenvalue weighted by Crippen LogP contribution is -2.58. The van der Waals surface area contributed by atoms with Gasteiger partial charge in [0.05, 0.1) is 5.41 Å². The summed E-state index contributed by atoms with van der Waals surface area (Å²) in [6, 6.07) is 38.1. The first-order chi connectivity index (χ1) is 18.8. The maximum Gasteiger partial charge on any atom is 0.329 e. The fourth-order valence-corrected chi connectivity index (χ4v) is 5.54. The third-order valence-corrected chi connectivity index (χ3v) is 7.73. The van der Waals surface area contributed by atoms with E-state index in [1.54, 1.807) is 6.92 Å². The van der Waals surface area contributed by atoms with Crippen LogP contribution in [-0.2, 0) is 28.9 Å². The highest BCUT2D eigenvalue weighted by Crippen LogP contribution is 2.34. The van der Waals surface area contributed by atoms with Crippen LogP contribution in [0.25, 0.3) is 21.5 Å². The number of carboxylic acids is 1. The molecule has 1 unspecified atom stereocenters. The second-order valence-corrected chi connectivity index (χ2v) is 10.9. The van der Waals surface area contributed by atoms with Crippen LogP contribution in [0.4, 0.5) is 0 Å². The van der Waals surface area contributed by atoms with Crippen molar-refractivity contribution in [1.29, 1.82) is 0 Å². The minimum absolute atomic E-state index is 0.188. The number of amides is 1. The summed E-state index contributed by atoms with van der Waals surface area (Å²) in [7, 11) is 0. The molecule has 5 rings (SSSR count). The van der Waals surface area contributed by atoms with Crippen molar-refractivity contribution >= 4 is 33.4 Å². The van der Waals surface area contributed by atoms with Crippen molar-refractivity contribution in [1.82, 2.24) is 5.32 Å². The van der Waals surface area contributed by atoms with Crippen LogP contribution in [0.3, 0.4) is 0 Å². The average Bonchev–Trinajstić information content (AvgIpc) is 2.94. The molecule has 196 valence electrons. The van der Waals surface area contributed by atoms with Crippen LogP contribution in [-0.4, -0.2) is 22.5 Å².